The van der Waals surface area contributed by atoms with E-state index >= 15 is 0 Å². The molecule has 0 aliphatic carbocycles. The first-order valence-corrected chi connectivity index (χ1v) is 8.95. The van der Waals surface area contributed by atoms with E-state index in [-0.39, 0.29) is 11.4 Å². The molecule has 0 radical (unpaired) electrons. The third-order valence-corrected chi connectivity index (χ3v) is 4.21. The molecule has 5 nitrogen and oxygen atoms in total. The average Bonchev–Trinajstić information content (AvgIpc) is 2.57. The predicted molar refractivity (Wildman–Crippen MR) is 107 cm³/mol. The summed E-state index contributed by atoms with van der Waals surface area (Å²) in [5, 5.41) is 3.28. The molecular weight excluding hydrogens is 324 g/mol. The van der Waals surface area contributed by atoms with Crippen LogP contribution in [0, 0.1) is 13.8 Å². The number of nitrogens with one attached hydrogen (secondary N) is 1. The van der Waals surface area contributed by atoms with Crippen LogP contribution >= 0.6 is 0 Å². The Balaban J connectivity index is 2.48. The molecule has 0 aliphatic rings. The maximum Gasteiger partial charge on any atom is 0.288 e. The molecule has 1 amide bonds. The molecule has 0 aliphatic heterocycles. The van der Waals surface area contributed by atoms with E-state index in [1.54, 1.807) is 0 Å². The van der Waals surface area contributed by atoms with Gasteiger partial charge in [-0.3, -0.25) is 15.6 Å². The van der Waals surface area contributed by atoms with Gasteiger partial charge in [0.25, 0.3) is 5.91 Å². The number of anilines is 1. The Kier molecular flexibility index (Phi) is 6.05. The second kappa shape index (κ2) is 7.89. The predicted octanol–water partition coefficient (Wildman–Crippen LogP) is 3.91. The van der Waals surface area contributed by atoms with Gasteiger partial charge in [-0.15, -0.1) is 5.53 Å². The standard InChI is InChI=1S/C21H30N4O/c1-7-17-8-10-18(11-9-17)20(26)25(23-22)24(21(4,5)6)19-13-15(2)12-16(3)14-19/h8-14,23H,7,22H2,1-6H3. The number of hydrogen-bond donors (Lipinski definition) is 2. The molecule has 0 bridgehead atoms. The van der Waals surface area contributed by atoms with Gasteiger partial charge < -0.3 is 0 Å². The molecule has 3 N–H and O–H groups in total. The molecule has 2 rings (SSSR count). The smallest absolute Gasteiger partial charge is 0.266 e. The number of hydrogen-bond acceptors (Lipinski definition) is 4. The summed E-state index contributed by atoms with van der Waals surface area (Å²) in [6.07, 6.45) is 0.935. The Hall–Kier alpha value is -2.37. The molecular formula is C21H30N4O. The first-order valence-electron chi connectivity index (χ1n) is 8.95. The van der Waals surface area contributed by atoms with E-state index in [9.17, 15) is 4.79 Å². The van der Waals surface area contributed by atoms with E-state index in [0.29, 0.717) is 5.56 Å². The Morgan fingerprint density at radius 1 is 1.04 bits per heavy atom. The first kappa shape index (κ1) is 19.9. The van der Waals surface area contributed by atoms with E-state index in [1.165, 1.54) is 10.7 Å². The van der Waals surface area contributed by atoms with E-state index in [0.717, 1.165) is 23.2 Å². The number of carbonyl (C=O) groups excluding carboxylic acids is 1. The highest BCUT2D eigenvalue weighted by Crippen LogP contribution is 2.28. The van der Waals surface area contributed by atoms with Crippen LogP contribution in [-0.2, 0) is 6.42 Å². The monoisotopic (exact) mass is 354 g/mol. The van der Waals surface area contributed by atoms with Crippen molar-refractivity contribution in [1.82, 2.24) is 10.7 Å². The van der Waals surface area contributed by atoms with Gasteiger partial charge in [0.05, 0.1) is 11.2 Å². The molecule has 0 saturated heterocycles. The average molecular weight is 354 g/mol. The second-order valence-electron chi connectivity index (χ2n) is 7.63. The van der Waals surface area contributed by atoms with Crippen molar-refractivity contribution >= 4 is 11.6 Å². The number of rotatable bonds is 5. The zero-order valence-corrected chi connectivity index (χ0v) is 16.6. The molecule has 2 aromatic carbocycles. The summed E-state index contributed by atoms with van der Waals surface area (Å²) in [5.41, 5.74) is 7.16. The quantitative estimate of drug-likeness (QED) is 0.631. The summed E-state index contributed by atoms with van der Waals surface area (Å²) in [6.45, 7) is 12.3. The fourth-order valence-electron chi connectivity index (χ4n) is 3.09. The minimum absolute atomic E-state index is 0.204. The lowest BCUT2D eigenvalue weighted by molar-refractivity contribution is 0.0563. The van der Waals surface area contributed by atoms with Crippen LogP contribution in [0.25, 0.3) is 0 Å². The third-order valence-electron chi connectivity index (χ3n) is 4.21. The largest absolute Gasteiger partial charge is 0.288 e. The van der Waals surface area contributed by atoms with Crippen molar-refractivity contribution < 1.29 is 4.79 Å². The van der Waals surface area contributed by atoms with Crippen LogP contribution < -0.4 is 16.4 Å². The number of benzene rings is 2. The topological polar surface area (TPSA) is 61.6 Å². The van der Waals surface area contributed by atoms with E-state index in [2.05, 4.69) is 30.7 Å². The number of aryl methyl sites for hydroxylation is 3. The molecule has 2 aromatic rings. The van der Waals surface area contributed by atoms with Gasteiger partial charge in [-0.1, -0.05) is 25.1 Å². The van der Waals surface area contributed by atoms with Crippen LogP contribution in [0.15, 0.2) is 42.5 Å². The lowest BCUT2D eigenvalue weighted by Gasteiger charge is -2.44. The van der Waals surface area contributed by atoms with Crippen molar-refractivity contribution in [3.63, 3.8) is 0 Å². The fourth-order valence-corrected chi connectivity index (χ4v) is 3.09. The second-order valence-corrected chi connectivity index (χ2v) is 7.63. The van der Waals surface area contributed by atoms with Crippen LogP contribution in [0.5, 0.6) is 0 Å². The molecule has 0 atom stereocenters. The van der Waals surface area contributed by atoms with Crippen molar-refractivity contribution in [3.05, 3.63) is 64.7 Å². The summed E-state index contributed by atoms with van der Waals surface area (Å²) >= 11 is 0. The lowest BCUT2D eigenvalue weighted by atomic mass is 10.0. The number of nitrogens with two attached hydrogens (primary N) is 1. The maximum atomic E-state index is 13.1. The van der Waals surface area contributed by atoms with Crippen molar-refractivity contribution in [3.8, 4) is 0 Å². The molecule has 0 aromatic heterocycles. The van der Waals surface area contributed by atoms with E-state index in [1.807, 2.05) is 63.9 Å². The summed E-state index contributed by atoms with van der Waals surface area (Å²) in [7, 11) is 0. The number of carbonyl (C=O) groups is 1. The normalized spacial score (nSPS) is 11.3. The number of amides is 1. The van der Waals surface area contributed by atoms with Gasteiger partial charge in [0, 0.05) is 5.56 Å². The minimum atomic E-state index is -0.369. The molecule has 5 heteroatoms. The van der Waals surface area contributed by atoms with Gasteiger partial charge in [-0.05, 0) is 82.0 Å². The zero-order valence-electron chi connectivity index (χ0n) is 16.6. The van der Waals surface area contributed by atoms with Gasteiger partial charge in [0.15, 0.2) is 0 Å². The van der Waals surface area contributed by atoms with Crippen molar-refractivity contribution in [2.45, 2.75) is 53.5 Å². The third kappa shape index (κ3) is 4.42. The molecule has 0 unspecified atom stereocenters. The van der Waals surface area contributed by atoms with E-state index < -0.39 is 0 Å². The van der Waals surface area contributed by atoms with Crippen LogP contribution in [0.2, 0.25) is 0 Å². The van der Waals surface area contributed by atoms with Crippen molar-refractivity contribution in [1.29, 1.82) is 0 Å². The van der Waals surface area contributed by atoms with Crippen molar-refractivity contribution in [2.75, 3.05) is 5.01 Å². The highest BCUT2D eigenvalue weighted by molar-refractivity contribution is 5.95. The lowest BCUT2D eigenvalue weighted by Crippen LogP contribution is -2.63. The molecule has 0 saturated carbocycles. The van der Waals surface area contributed by atoms with Crippen LogP contribution in [0.3, 0.4) is 0 Å². The summed E-state index contributed by atoms with van der Waals surface area (Å²) < 4.78 is 0. The first-order chi connectivity index (χ1) is 12.2. The van der Waals surface area contributed by atoms with Gasteiger partial charge in [-0.2, -0.15) is 5.12 Å². The Labute approximate surface area is 156 Å². The summed E-state index contributed by atoms with van der Waals surface area (Å²) in [5.74, 6) is 5.59. The minimum Gasteiger partial charge on any atom is -0.266 e. The molecule has 0 fully saturated rings. The maximum absolute atomic E-state index is 13.1. The van der Waals surface area contributed by atoms with Crippen LogP contribution in [0.1, 0.15) is 54.7 Å². The molecule has 0 spiro atoms. The van der Waals surface area contributed by atoms with Crippen molar-refractivity contribution in [2.24, 2.45) is 5.84 Å². The summed E-state index contributed by atoms with van der Waals surface area (Å²) in [6, 6.07) is 13.8. The SMILES string of the molecule is CCc1ccc(C(=O)N(NN)N(c2cc(C)cc(C)c2)C(C)(C)C)cc1. The van der Waals surface area contributed by atoms with Gasteiger partial charge >= 0.3 is 0 Å². The van der Waals surface area contributed by atoms with Crippen LogP contribution in [-0.4, -0.2) is 16.6 Å². The van der Waals surface area contributed by atoms with Crippen LogP contribution in [0.4, 0.5) is 5.69 Å². The highest BCUT2D eigenvalue weighted by Gasteiger charge is 2.32. The Bertz CT molecular complexity index is 742. The van der Waals surface area contributed by atoms with E-state index in [4.69, 9.17) is 5.84 Å². The molecule has 26 heavy (non-hydrogen) atoms. The number of hydrazine groups is 3. The zero-order chi connectivity index (χ0) is 19.5. The molecule has 0 heterocycles. The summed E-state index contributed by atoms with van der Waals surface area (Å²) in [4.78, 5) is 13.1. The highest BCUT2D eigenvalue weighted by atomic mass is 16.2. The fraction of sp³-hybridized carbons (Fsp3) is 0.381. The Morgan fingerprint density at radius 2 is 1.58 bits per heavy atom. The number of nitrogens with zero attached hydrogens (tertiary/aromatic N) is 2. The van der Waals surface area contributed by atoms with Gasteiger partial charge in [0.1, 0.15) is 0 Å². The van der Waals surface area contributed by atoms with Gasteiger partial charge in [0.2, 0.25) is 0 Å². The Morgan fingerprint density at radius 3 is 2.00 bits per heavy atom. The molecule has 140 valence electrons. The van der Waals surface area contributed by atoms with Gasteiger partial charge in [-0.25, -0.2) is 0 Å².